The van der Waals surface area contributed by atoms with Crippen molar-refractivity contribution in [3.8, 4) is 0 Å². The minimum Gasteiger partial charge on any atom is -0.338 e. The lowest BCUT2D eigenvalue weighted by atomic mass is 9.88. The normalized spacial score (nSPS) is 24.4. The molecule has 3 saturated heterocycles. The van der Waals surface area contributed by atoms with Crippen LogP contribution in [0.15, 0.2) is 42.5 Å². The summed E-state index contributed by atoms with van der Waals surface area (Å²) in [6, 6.07) is 9.19. The van der Waals surface area contributed by atoms with Crippen LogP contribution in [0.4, 0.5) is 14.5 Å². The van der Waals surface area contributed by atoms with Crippen LogP contribution in [-0.4, -0.2) is 95.9 Å². The fourth-order valence-corrected chi connectivity index (χ4v) is 7.07. The van der Waals surface area contributed by atoms with Gasteiger partial charge in [-0.3, -0.25) is 19.3 Å². The summed E-state index contributed by atoms with van der Waals surface area (Å²) in [5.74, 6) is -2.92. The van der Waals surface area contributed by atoms with Gasteiger partial charge >= 0.3 is 0 Å². The van der Waals surface area contributed by atoms with E-state index in [-0.39, 0.29) is 47.8 Å². The molecule has 3 aliphatic rings. The molecule has 3 heterocycles. The van der Waals surface area contributed by atoms with E-state index in [0.717, 1.165) is 17.7 Å². The summed E-state index contributed by atoms with van der Waals surface area (Å²) in [6.45, 7) is 15.1. The Balaban J connectivity index is 1.55. The Bertz CT molecular complexity index is 1450. The molecular formula is C35H46ClF2N5O3. The molecule has 2 aromatic rings. The minimum absolute atomic E-state index is 0.0549. The standard InChI is InChI=1S/C35H46ClF2N5O3/c1-34(2,3)33(46)43(29-12-11-24(37)17-28(29)38)25-18-30(32(45)40-15-13-39-14-16-40)42(19-25)31(44)27-21-41(35(4,5)6)20-26(27)22-7-9-23(36)10-8-22/h7-12,17,25-27,30,39H,13-16,18-21H2,1-6H3/t25-,26-,27+,30-/m0/s1. The van der Waals surface area contributed by atoms with E-state index in [4.69, 9.17) is 11.6 Å². The van der Waals surface area contributed by atoms with Gasteiger partial charge in [-0.05, 0) is 57.0 Å². The zero-order valence-corrected chi connectivity index (χ0v) is 28.4. The number of carbonyl (C=O) groups is 3. The van der Waals surface area contributed by atoms with Crippen LogP contribution in [0.1, 0.15) is 59.4 Å². The molecule has 0 aliphatic carbocycles. The first-order valence-corrected chi connectivity index (χ1v) is 16.5. The van der Waals surface area contributed by atoms with E-state index < -0.39 is 35.1 Å². The number of hydrogen-bond acceptors (Lipinski definition) is 5. The first-order valence-electron chi connectivity index (χ1n) is 16.2. The number of piperazine rings is 1. The molecule has 5 rings (SSSR count). The van der Waals surface area contributed by atoms with E-state index in [1.54, 1.807) is 30.6 Å². The summed E-state index contributed by atoms with van der Waals surface area (Å²) in [7, 11) is 0. The number of hydrogen-bond donors (Lipinski definition) is 1. The molecule has 0 radical (unpaired) electrons. The molecule has 11 heteroatoms. The highest BCUT2D eigenvalue weighted by molar-refractivity contribution is 6.30. The maximum Gasteiger partial charge on any atom is 0.245 e. The van der Waals surface area contributed by atoms with Crippen molar-refractivity contribution >= 4 is 35.0 Å². The number of likely N-dealkylation sites (tertiary alicyclic amines) is 2. The topological polar surface area (TPSA) is 76.2 Å². The van der Waals surface area contributed by atoms with E-state index >= 15 is 4.39 Å². The van der Waals surface area contributed by atoms with Crippen LogP contribution in [0.2, 0.25) is 5.02 Å². The zero-order valence-electron chi connectivity index (χ0n) is 27.7. The lowest BCUT2D eigenvalue weighted by Gasteiger charge is -2.35. The number of carbonyl (C=O) groups excluding carboxylic acids is 3. The summed E-state index contributed by atoms with van der Waals surface area (Å²) >= 11 is 6.21. The van der Waals surface area contributed by atoms with Crippen LogP contribution in [0.25, 0.3) is 0 Å². The molecule has 0 bridgehead atoms. The Hall–Kier alpha value is -3.08. The van der Waals surface area contributed by atoms with E-state index in [2.05, 4.69) is 31.0 Å². The maximum atomic E-state index is 15.4. The zero-order chi connectivity index (χ0) is 33.6. The highest BCUT2D eigenvalue weighted by Crippen LogP contribution is 2.40. The predicted molar refractivity (Wildman–Crippen MR) is 176 cm³/mol. The number of benzene rings is 2. The Morgan fingerprint density at radius 3 is 2.13 bits per heavy atom. The van der Waals surface area contributed by atoms with Crippen molar-refractivity contribution in [3.63, 3.8) is 0 Å². The van der Waals surface area contributed by atoms with Gasteiger partial charge < -0.3 is 20.0 Å². The molecule has 3 amide bonds. The van der Waals surface area contributed by atoms with Gasteiger partial charge in [0.1, 0.15) is 17.7 Å². The van der Waals surface area contributed by atoms with Crippen molar-refractivity contribution in [1.82, 2.24) is 20.0 Å². The van der Waals surface area contributed by atoms with Gasteiger partial charge in [-0.2, -0.15) is 0 Å². The number of nitrogens with zero attached hydrogens (tertiary/aromatic N) is 4. The molecule has 0 aromatic heterocycles. The summed E-state index contributed by atoms with van der Waals surface area (Å²) in [4.78, 5) is 50.0. The molecule has 3 fully saturated rings. The number of rotatable bonds is 5. The summed E-state index contributed by atoms with van der Waals surface area (Å²) in [6.07, 6.45) is 0.147. The fourth-order valence-electron chi connectivity index (χ4n) is 6.95. The third-order valence-electron chi connectivity index (χ3n) is 9.55. The summed E-state index contributed by atoms with van der Waals surface area (Å²) < 4.78 is 29.3. The minimum atomic E-state index is -0.908. The van der Waals surface area contributed by atoms with Crippen molar-refractivity contribution < 1.29 is 23.2 Å². The van der Waals surface area contributed by atoms with Crippen molar-refractivity contribution in [2.24, 2.45) is 11.3 Å². The second kappa shape index (κ2) is 13.2. The molecule has 8 nitrogen and oxygen atoms in total. The van der Waals surface area contributed by atoms with Crippen LogP contribution in [0.3, 0.4) is 0 Å². The van der Waals surface area contributed by atoms with Crippen molar-refractivity contribution in [2.45, 2.75) is 71.5 Å². The Labute approximate surface area is 276 Å². The van der Waals surface area contributed by atoms with Gasteiger partial charge in [-0.15, -0.1) is 0 Å². The van der Waals surface area contributed by atoms with Gasteiger partial charge in [0.2, 0.25) is 17.7 Å². The molecule has 3 aliphatic heterocycles. The molecule has 2 aromatic carbocycles. The SMILES string of the molecule is CC(C)(C)C(=O)N(c1ccc(F)cc1F)[C@H]1C[C@@H](C(=O)N2CCNCC2)N(C(=O)[C@@H]2CN(C(C)(C)C)C[C@H]2c2ccc(Cl)cc2)C1. The molecule has 0 spiro atoms. The van der Waals surface area contributed by atoms with Crippen LogP contribution in [-0.2, 0) is 14.4 Å². The molecular weight excluding hydrogens is 612 g/mol. The second-order valence-corrected chi connectivity index (χ2v) is 15.3. The lowest BCUT2D eigenvalue weighted by Crippen LogP contribution is -2.54. The predicted octanol–water partition coefficient (Wildman–Crippen LogP) is 4.91. The molecule has 1 N–H and O–H groups in total. The molecule has 0 unspecified atom stereocenters. The Kier molecular flexibility index (Phi) is 9.83. The average Bonchev–Trinajstić information content (AvgIpc) is 3.64. The van der Waals surface area contributed by atoms with E-state index in [0.29, 0.717) is 44.3 Å². The van der Waals surface area contributed by atoms with Crippen LogP contribution < -0.4 is 10.2 Å². The molecule has 0 saturated carbocycles. The molecule has 4 atom stereocenters. The van der Waals surface area contributed by atoms with Gasteiger partial charge in [0.15, 0.2) is 0 Å². The van der Waals surface area contributed by atoms with E-state index in [1.165, 1.54) is 11.0 Å². The number of amides is 3. The van der Waals surface area contributed by atoms with Gasteiger partial charge in [-0.25, -0.2) is 8.78 Å². The first-order chi connectivity index (χ1) is 21.6. The van der Waals surface area contributed by atoms with Crippen molar-refractivity contribution in [3.05, 3.63) is 64.7 Å². The van der Waals surface area contributed by atoms with Crippen LogP contribution in [0.5, 0.6) is 0 Å². The quantitative estimate of drug-likeness (QED) is 0.495. The highest BCUT2D eigenvalue weighted by atomic mass is 35.5. The lowest BCUT2D eigenvalue weighted by molar-refractivity contribution is -0.146. The van der Waals surface area contributed by atoms with Crippen molar-refractivity contribution in [2.75, 3.05) is 50.7 Å². The van der Waals surface area contributed by atoms with E-state index in [9.17, 15) is 18.8 Å². The van der Waals surface area contributed by atoms with Crippen LogP contribution >= 0.6 is 11.6 Å². The molecule has 250 valence electrons. The summed E-state index contributed by atoms with van der Waals surface area (Å²) in [5.41, 5.74) is -0.172. The van der Waals surface area contributed by atoms with Gasteiger partial charge in [0.25, 0.3) is 0 Å². The fraction of sp³-hybridized carbons (Fsp3) is 0.571. The van der Waals surface area contributed by atoms with Gasteiger partial charge in [0.05, 0.1) is 17.6 Å². The third kappa shape index (κ3) is 7.09. The highest BCUT2D eigenvalue weighted by Gasteiger charge is 2.51. The third-order valence-corrected chi connectivity index (χ3v) is 9.81. The van der Waals surface area contributed by atoms with E-state index in [1.807, 2.05) is 24.3 Å². The Morgan fingerprint density at radius 2 is 1.54 bits per heavy atom. The second-order valence-electron chi connectivity index (χ2n) is 14.8. The smallest absolute Gasteiger partial charge is 0.245 e. The van der Waals surface area contributed by atoms with Gasteiger partial charge in [-0.1, -0.05) is 44.5 Å². The largest absolute Gasteiger partial charge is 0.338 e. The van der Waals surface area contributed by atoms with Gasteiger partial charge in [0, 0.05) is 73.8 Å². The van der Waals surface area contributed by atoms with Crippen molar-refractivity contribution in [1.29, 1.82) is 0 Å². The number of nitrogens with one attached hydrogen (secondary N) is 1. The average molecular weight is 658 g/mol. The number of anilines is 1. The van der Waals surface area contributed by atoms with Crippen LogP contribution in [0, 0.1) is 23.0 Å². The molecule has 46 heavy (non-hydrogen) atoms. The monoisotopic (exact) mass is 657 g/mol. The maximum absolute atomic E-state index is 15.4. The Morgan fingerprint density at radius 1 is 0.891 bits per heavy atom. The number of halogens is 3. The first kappa shape index (κ1) is 34.3. The summed E-state index contributed by atoms with van der Waals surface area (Å²) in [5, 5.41) is 3.87.